The highest BCUT2D eigenvalue weighted by molar-refractivity contribution is 5.88. The predicted octanol–water partition coefficient (Wildman–Crippen LogP) is 4.00. The van der Waals surface area contributed by atoms with Crippen LogP contribution < -0.4 is 15.5 Å². The standard InChI is InChI=1S/C21H28N6O/c1-21(2,3)14-23-19-17-8-9-22-18(17)25-20(26-19)24-15-4-6-16(7-5-15)27-10-12-28-13-11-27/h4-9H,10-14H2,1-3H3,(H3,22,23,24,25,26). The topological polar surface area (TPSA) is 78.1 Å². The summed E-state index contributed by atoms with van der Waals surface area (Å²) >= 11 is 0. The first-order chi connectivity index (χ1) is 13.5. The number of ether oxygens (including phenoxy) is 1. The number of hydrogen-bond acceptors (Lipinski definition) is 6. The third-order valence-electron chi connectivity index (χ3n) is 4.70. The van der Waals surface area contributed by atoms with Gasteiger partial charge in [-0.25, -0.2) is 0 Å². The molecule has 2 aromatic heterocycles. The van der Waals surface area contributed by atoms with Crippen LogP contribution in [0.2, 0.25) is 0 Å². The normalized spacial score (nSPS) is 15.0. The quantitative estimate of drug-likeness (QED) is 0.621. The summed E-state index contributed by atoms with van der Waals surface area (Å²) < 4.78 is 5.42. The van der Waals surface area contributed by atoms with Crippen molar-refractivity contribution in [2.75, 3.05) is 48.4 Å². The molecule has 1 aliphatic rings. The van der Waals surface area contributed by atoms with Gasteiger partial charge in [0.1, 0.15) is 11.5 Å². The number of rotatable bonds is 5. The van der Waals surface area contributed by atoms with E-state index in [2.05, 4.69) is 70.5 Å². The Balaban J connectivity index is 1.52. The van der Waals surface area contributed by atoms with Gasteiger partial charge in [-0.2, -0.15) is 9.97 Å². The average Bonchev–Trinajstić information content (AvgIpc) is 3.15. The molecule has 0 unspecified atom stereocenters. The number of aromatic amines is 1. The maximum absolute atomic E-state index is 5.42. The Morgan fingerprint density at radius 2 is 1.82 bits per heavy atom. The minimum absolute atomic E-state index is 0.163. The second kappa shape index (κ2) is 7.67. The van der Waals surface area contributed by atoms with E-state index in [0.29, 0.717) is 5.95 Å². The fourth-order valence-electron chi connectivity index (χ4n) is 3.19. The molecule has 0 bridgehead atoms. The van der Waals surface area contributed by atoms with Crippen LogP contribution in [0.3, 0.4) is 0 Å². The summed E-state index contributed by atoms with van der Waals surface area (Å²) in [6.07, 6.45) is 1.89. The van der Waals surface area contributed by atoms with E-state index in [4.69, 9.17) is 9.72 Å². The minimum atomic E-state index is 0.163. The highest BCUT2D eigenvalue weighted by Crippen LogP contribution is 2.25. The van der Waals surface area contributed by atoms with Crippen molar-refractivity contribution in [3.8, 4) is 0 Å². The second-order valence-electron chi connectivity index (χ2n) is 8.32. The first-order valence-electron chi connectivity index (χ1n) is 9.77. The van der Waals surface area contributed by atoms with Crippen molar-refractivity contribution in [3.63, 3.8) is 0 Å². The van der Waals surface area contributed by atoms with Crippen LogP contribution in [0.1, 0.15) is 20.8 Å². The van der Waals surface area contributed by atoms with Crippen molar-refractivity contribution in [1.82, 2.24) is 15.0 Å². The molecule has 3 aromatic rings. The number of morpholine rings is 1. The first kappa shape index (κ1) is 18.6. The second-order valence-corrected chi connectivity index (χ2v) is 8.32. The predicted molar refractivity (Wildman–Crippen MR) is 115 cm³/mol. The molecule has 1 fully saturated rings. The van der Waals surface area contributed by atoms with Gasteiger partial charge in [-0.1, -0.05) is 20.8 Å². The molecule has 0 spiro atoms. The number of aromatic nitrogens is 3. The highest BCUT2D eigenvalue weighted by Gasteiger charge is 2.14. The van der Waals surface area contributed by atoms with Crippen LogP contribution in [0.25, 0.3) is 11.0 Å². The smallest absolute Gasteiger partial charge is 0.231 e. The number of fused-ring (bicyclic) bond motifs is 1. The monoisotopic (exact) mass is 380 g/mol. The lowest BCUT2D eigenvalue weighted by atomic mass is 9.97. The van der Waals surface area contributed by atoms with Crippen molar-refractivity contribution in [2.24, 2.45) is 5.41 Å². The summed E-state index contributed by atoms with van der Waals surface area (Å²) in [5.41, 5.74) is 3.15. The van der Waals surface area contributed by atoms with Crippen LogP contribution in [0.5, 0.6) is 0 Å². The van der Waals surface area contributed by atoms with Crippen LogP contribution >= 0.6 is 0 Å². The molecule has 1 saturated heterocycles. The molecule has 0 saturated carbocycles. The Kier molecular flexibility index (Phi) is 5.09. The molecule has 0 aliphatic carbocycles. The van der Waals surface area contributed by atoms with Gasteiger partial charge >= 0.3 is 0 Å². The van der Waals surface area contributed by atoms with E-state index in [9.17, 15) is 0 Å². The molecule has 3 N–H and O–H groups in total. The molecular weight excluding hydrogens is 352 g/mol. The van der Waals surface area contributed by atoms with Gasteiger partial charge in [0.25, 0.3) is 0 Å². The summed E-state index contributed by atoms with van der Waals surface area (Å²) in [6.45, 7) is 10.9. The van der Waals surface area contributed by atoms with Gasteiger partial charge in [-0.3, -0.25) is 0 Å². The molecule has 7 nitrogen and oxygen atoms in total. The van der Waals surface area contributed by atoms with E-state index in [1.165, 1.54) is 5.69 Å². The van der Waals surface area contributed by atoms with E-state index in [1.807, 2.05) is 12.3 Å². The summed E-state index contributed by atoms with van der Waals surface area (Å²) in [7, 11) is 0. The van der Waals surface area contributed by atoms with E-state index >= 15 is 0 Å². The van der Waals surface area contributed by atoms with E-state index in [-0.39, 0.29) is 5.41 Å². The largest absolute Gasteiger partial charge is 0.378 e. The summed E-state index contributed by atoms with van der Waals surface area (Å²) in [5.74, 6) is 1.42. The summed E-state index contributed by atoms with van der Waals surface area (Å²) in [4.78, 5) is 14.8. The number of anilines is 4. The van der Waals surface area contributed by atoms with Crippen molar-refractivity contribution in [2.45, 2.75) is 20.8 Å². The van der Waals surface area contributed by atoms with E-state index in [1.54, 1.807) is 0 Å². The van der Waals surface area contributed by atoms with Crippen molar-refractivity contribution in [3.05, 3.63) is 36.5 Å². The van der Waals surface area contributed by atoms with E-state index < -0.39 is 0 Å². The maximum atomic E-state index is 5.42. The number of H-pyrrole nitrogens is 1. The summed E-state index contributed by atoms with van der Waals surface area (Å²) in [5, 5.41) is 7.79. The Labute approximate surface area is 165 Å². The van der Waals surface area contributed by atoms with Crippen molar-refractivity contribution >= 4 is 34.2 Å². The molecule has 148 valence electrons. The van der Waals surface area contributed by atoms with Crippen LogP contribution in [0.4, 0.5) is 23.1 Å². The first-order valence-corrected chi connectivity index (χ1v) is 9.77. The molecule has 1 aliphatic heterocycles. The van der Waals surface area contributed by atoms with Crippen LogP contribution in [-0.4, -0.2) is 47.8 Å². The zero-order chi connectivity index (χ0) is 19.6. The number of benzene rings is 1. The molecule has 1 aromatic carbocycles. The van der Waals surface area contributed by atoms with E-state index in [0.717, 1.165) is 55.4 Å². The number of nitrogens with zero attached hydrogens (tertiary/aromatic N) is 3. The van der Waals surface area contributed by atoms with Gasteiger partial charge in [0, 0.05) is 37.2 Å². The third kappa shape index (κ3) is 4.36. The molecule has 0 amide bonds. The maximum Gasteiger partial charge on any atom is 0.231 e. The van der Waals surface area contributed by atoms with Gasteiger partial charge < -0.3 is 25.3 Å². The molecule has 0 radical (unpaired) electrons. The minimum Gasteiger partial charge on any atom is -0.378 e. The molecule has 3 heterocycles. The molecular formula is C21H28N6O. The number of nitrogens with one attached hydrogen (secondary N) is 3. The number of hydrogen-bond donors (Lipinski definition) is 3. The van der Waals surface area contributed by atoms with Crippen molar-refractivity contribution in [1.29, 1.82) is 0 Å². The Morgan fingerprint density at radius 1 is 1.07 bits per heavy atom. The van der Waals surface area contributed by atoms with Gasteiger partial charge in [0.2, 0.25) is 5.95 Å². The fraction of sp³-hybridized carbons (Fsp3) is 0.429. The molecule has 7 heteroatoms. The lowest BCUT2D eigenvalue weighted by molar-refractivity contribution is 0.122. The van der Waals surface area contributed by atoms with Gasteiger partial charge in [-0.05, 0) is 35.7 Å². The lowest BCUT2D eigenvalue weighted by Crippen LogP contribution is -2.36. The van der Waals surface area contributed by atoms with Gasteiger partial charge in [-0.15, -0.1) is 0 Å². The summed E-state index contributed by atoms with van der Waals surface area (Å²) in [6, 6.07) is 10.4. The fourth-order valence-corrected chi connectivity index (χ4v) is 3.19. The SMILES string of the molecule is CC(C)(C)CNc1nc(Nc2ccc(N3CCOCC3)cc2)nc2[nH]ccc12. The van der Waals surface area contributed by atoms with Crippen molar-refractivity contribution < 1.29 is 4.74 Å². The van der Waals surface area contributed by atoms with Gasteiger partial charge in [0.05, 0.1) is 18.6 Å². The molecule has 28 heavy (non-hydrogen) atoms. The Hall–Kier alpha value is -2.80. The highest BCUT2D eigenvalue weighted by atomic mass is 16.5. The molecule has 0 atom stereocenters. The third-order valence-corrected chi connectivity index (χ3v) is 4.70. The lowest BCUT2D eigenvalue weighted by Gasteiger charge is -2.28. The van der Waals surface area contributed by atoms with Gasteiger partial charge in [0.15, 0.2) is 0 Å². The van der Waals surface area contributed by atoms with Crippen LogP contribution in [0.15, 0.2) is 36.5 Å². The average molecular weight is 380 g/mol. The zero-order valence-corrected chi connectivity index (χ0v) is 16.7. The van der Waals surface area contributed by atoms with Crippen LogP contribution in [0, 0.1) is 5.41 Å². The Bertz CT molecular complexity index is 922. The molecule has 4 rings (SSSR count). The van der Waals surface area contributed by atoms with Crippen LogP contribution in [-0.2, 0) is 4.74 Å². The Morgan fingerprint density at radius 3 is 2.54 bits per heavy atom. The zero-order valence-electron chi connectivity index (χ0n) is 16.7.